The van der Waals surface area contributed by atoms with Crippen LogP contribution in [0.25, 0.3) is 6.08 Å². The van der Waals surface area contributed by atoms with Crippen LogP contribution in [0.15, 0.2) is 53.4 Å². The number of nitrogens with one attached hydrogen (secondary N) is 1. The number of ether oxygens (including phenoxy) is 1. The van der Waals surface area contributed by atoms with Gasteiger partial charge in [0.25, 0.3) is 0 Å². The van der Waals surface area contributed by atoms with E-state index in [1.54, 1.807) is 25.3 Å². The molecule has 0 aromatic heterocycles. The van der Waals surface area contributed by atoms with E-state index in [1.165, 1.54) is 18.2 Å². The molecule has 0 saturated heterocycles. The zero-order chi connectivity index (χ0) is 19.2. The van der Waals surface area contributed by atoms with Gasteiger partial charge in [0, 0.05) is 18.2 Å². The van der Waals surface area contributed by atoms with Crippen LogP contribution >= 0.6 is 0 Å². The second-order valence-corrected chi connectivity index (χ2v) is 7.37. The lowest BCUT2D eigenvalue weighted by atomic mass is 10.1. The number of benzene rings is 2. The fourth-order valence-corrected chi connectivity index (χ4v) is 2.90. The van der Waals surface area contributed by atoms with Crippen LogP contribution in [0.4, 0.5) is 0 Å². The van der Waals surface area contributed by atoms with Gasteiger partial charge in [0.1, 0.15) is 5.75 Å². The molecule has 0 aliphatic carbocycles. The lowest BCUT2D eigenvalue weighted by Gasteiger charge is -2.06. The zero-order valence-electron chi connectivity index (χ0n) is 14.7. The topological polar surface area (TPSA) is 98.5 Å². The van der Waals surface area contributed by atoms with E-state index in [1.807, 2.05) is 25.1 Å². The molecule has 2 aromatic carbocycles. The van der Waals surface area contributed by atoms with Gasteiger partial charge < -0.3 is 10.1 Å². The van der Waals surface area contributed by atoms with E-state index < -0.39 is 10.0 Å². The maximum atomic E-state index is 11.9. The first-order valence-electron chi connectivity index (χ1n) is 8.02. The summed E-state index contributed by atoms with van der Waals surface area (Å²) in [6.07, 6.45) is 3.75. The van der Waals surface area contributed by atoms with Gasteiger partial charge in [-0.1, -0.05) is 23.8 Å². The lowest BCUT2D eigenvalue weighted by Crippen LogP contribution is -2.23. The van der Waals surface area contributed by atoms with Gasteiger partial charge in [-0.25, -0.2) is 13.6 Å². The van der Waals surface area contributed by atoms with Crippen LogP contribution in [-0.2, 0) is 21.2 Å². The number of sulfonamides is 1. The molecule has 138 valence electrons. The van der Waals surface area contributed by atoms with Crippen LogP contribution < -0.4 is 15.2 Å². The highest BCUT2D eigenvalue weighted by Gasteiger charge is 2.06. The van der Waals surface area contributed by atoms with Crippen LogP contribution in [0, 0.1) is 6.92 Å². The van der Waals surface area contributed by atoms with Crippen molar-refractivity contribution in [2.45, 2.75) is 18.2 Å². The molecule has 0 fully saturated rings. The Kier molecular flexibility index (Phi) is 6.54. The Morgan fingerprint density at radius 3 is 2.50 bits per heavy atom. The van der Waals surface area contributed by atoms with Crippen LogP contribution in [0.5, 0.6) is 5.75 Å². The van der Waals surface area contributed by atoms with Crippen LogP contribution in [0.1, 0.15) is 16.7 Å². The number of methoxy groups -OCH3 is 1. The predicted octanol–water partition coefficient (Wildman–Crippen LogP) is 2.02. The number of aryl methyl sites for hydroxylation is 1. The van der Waals surface area contributed by atoms with Gasteiger partial charge in [0.05, 0.1) is 12.0 Å². The summed E-state index contributed by atoms with van der Waals surface area (Å²) in [7, 11) is -2.10. The molecule has 2 rings (SSSR count). The minimum Gasteiger partial charge on any atom is -0.496 e. The smallest absolute Gasteiger partial charge is 0.244 e. The molecule has 2 aromatic rings. The van der Waals surface area contributed by atoms with Crippen molar-refractivity contribution in [3.63, 3.8) is 0 Å². The Morgan fingerprint density at radius 1 is 1.19 bits per heavy atom. The summed E-state index contributed by atoms with van der Waals surface area (Å²) in [6, 6.07) is 12.0. The normalized spacial score (nSPS) is 11.5. The molecule has 0 radical (unpaired) electrons. The van der Waals surface area contributed by atoms with Gasteiger partial charge in [-0.05, 0) is 49.2 Å². The molecule has 0 unspecified atom stereocenters. The number of amides is 1. The van der Waals surface area contributed by atoms with Gasteiger partial charge >= 0.3 is 0 Å². The second-order valence-electron chi connectivity index (χ2n) is 5.81. The maximum absolute atomic E-state index is 11.9. The average Bonchev–Trinajstić information content (AvgIpc) is 2.60. The fourth-order valence-electron chi connectivity index (χ4n) is 2.38. The Bertz CT molecular complexity index is 904. The van der Waals surface area contributed by atoms with Gasteiger partial charge in [-0.2, -0.15) is 0 Å². The Balaban J connectivity index is 1.88. The van der Waals surface area contributed by atoms with Crippen LogP contribution in [-0.4, -0.2) is 28.0 Å². The molecule has 0 atom stereocenters. The third-order valence-corrected chi connectivity index (χ3v) is 4.69. The van der Waals surface area contributed by atoms with E-state index in [2.05, 4.69) is 5.32 Å². The summed E-state index contributed by atoms with van der Waals surface area (Å²) in [5.41, 5.74) is 2.82. The summed E-state index contributed by atoms with van der Waals surface area (Å²) < 4.78 is 27.7. The summed E-state index contributed by atoms with van der Waals surface area (Å²) in [6.45, 7) is 2.40. The quantitative estimate of drug-likeness (QED) is 0.725. The highest BCUT2D eigenvalue weighted by molar-refractivity contribution is 7.89. The summed E-state index contributed by atoms with van der Waals surface area (Å²) in [5, 5.41) is 7.85. The van der Waals surface area contributed by atoms with Crippen molar-refractivity contribution in [1.29, 1.82) is 0 Å². The van der Waals surface area contributed by atoms with Crippen LogP contribution in [0.2, 0.25) is 0 Å². The van der Waals surface area contributed by atoms with Gasteiger partial charge in [0.15, 0.2) is 0 Å². The summed E-state index contributed by atoms with van der Waals surface area (Å²) >= 11 is 0. The van der Waals surface area contributed by atoms with Gasteiger partial charge in [-0.3, -0.25) is 4.79 Å². The SMILES string of the molecule is COc1ccc(C)cc1/C=C/C(=O)NCCc1ccc(S(N)(=O)=O)cc1. The highest BCUT2D eigenvalue weighted by Crippen LogP contribution is 2.20. The first-order valence-corrected chi connectivity index (χ1v) is 9.56. The number of nitrogens with two attached hydrogens (primary N) is 1. The molecular weight excluding hydrogens is 352 g/mol. The number of rotatable bonds is 7. The molecule has 1 amide bonds. The third-order valence-electron chi connectivity index (χ3n) is 3.76. The number of carbonyl (C=O) groups is 1. The summed E-state index contributed by atoms with van der Waals surface area (Å²) in [4.78, 5) is 12.0. The average molecular weight is 374 g/mol. The standard InChI is InChI=1S/C19H22N2O4S/c1-14-3-9-18(25-2)16(13-14)6-10-19(22)21-12-11-15-4-7-17(8-5-15)26(20,23)24/h3-10,13H,11-12H2,1-2H3,(H,21,22)(H2,20,23,24)/b10-6+. The van der Waals surface area contributed by atoms with Crippen molar-refractivity contribution in [2.75, 3.05) is 13.7 Å². The summed E-state index contributed by atoms with van der Waals surface area (Å²) in [5.74, 6) is 0.490. The van der Waals surface area contributed by atoms with E-state index in [0.717, 1.165) is 16.7 Å². The molecule has 0 heterocycles. The van der Waals surface area contributed by atoms with Crippen molar-refractivity contribution in [3.05, 3.63) is 65.2 Å². The zero-order valence-corrected chi connectivity index (χ0v) is 15.5. The van der Waals surface area contributed by atoms with E-state index >= 15 is 0 Å². The first kappa shape index (κ1) is 19.7. The number of hydrogen-bond donors (Lipinski definition) is 2. The lowest BCUT2D eigenvalue weighted by molar-refractivity contribution is -0.116. The Morgan fingerprint density at radius 2 is 1.88 bits per heavy atom. The number of primary sulfonamides is 1. The Hall–Kier alpha value is -2.64. The largest absolute Gasteiger partial charge is 0.496 e. The molecule has 0 spiro atoms. The minimum absolute atomic E-state index is 0.0697. The molecule has 0 saturated carbocycles. The van der Waals surface area contributed by atoms with Crippen molar-refractivity contribution >= 4 is 22.0 Å². The molecule has 3 N–H and O–H groups in total. The van der Waals surface area contributed by atoms with Crippen LogP contribution in [0.3, 0.4) is 0 Å². The van der Waals surface area contributed by atoms with Crippen molar-refractivity contribution in [1.82, 2.24) is 5.32 Å². The monoisotopic (exact) mass is 374 g/mol. The van der Waals surface area contributed by atoms with Gasteiger partial charge in [0.2, 0.25) is 15.9 Å². The minimum atomic E-state index is -3.69. The molecular formula is C19H22N2O4S. The van der Waals surface area contributed by atoms with E-state index in [9.17, 15) is 13.2 Å². The van der Waals surface area contributed by atoms with Gasteiger partial charge in [-0.15, -0.1) is 0 Å². The number of hydrogen-bond acceptors (Lipinski definition) is 4. The predicted molar refractivity (Wildman–Crippen MR) is 101 cm³/mol. The second kappa shape index (κ2) is 8.64. The molecule has 6 nitrogen and oxygen atoms in total. The molecule has 7 heteroatoms. The first-order chi connectivity index (χ1) is 12.3. The van der Waals surface area contributed by atoms with Crippen molar-refractivity contribution in [2.24, 2.45) is 5.14 Å². The Labute approximate surface area is 153 Å². The highest BCUT2D eigenvalue weighted by atomic mass is 32.2. The molecule has 0 aliphatic rings. The van der Waals surface area contributed by atoms with E-state index in [4.69, 9.17) is 9.88 Å². The fraction of sp³-hybridized carbons (Fsp3) is 0.211. The molecule has 26 heavy (non-hydrogen) atoms. The third kappa shape index (κ3) is 5.72. The van der Waals surface area contributed by atoms with Crippen molar-refractivity contribution in [3.8, 4) is 5.75 Å². The molecule has 0 aliphatic heterocycles. The number of carbonyl (C=O) groups excluding carboxylic acids is 1. The van der Waals surface area contributed by atoms with E-state index in [0.29, 0.717) is 18.7 Å². The molecule has 0 bridgehead atoms. The maximum Gasteiger partial charge on any atom is 0.244 e. The van der Waals surface area contributed by atoms with E-state index in [-0.39, 0.29) is 10.8 Å². The van der Waals surface area contributed by atoms with Crippen molar-refractivity contribution < 1.29 is 17.9 Å².